The fourth-order valence-corrected chi connectivity index (χ4v) is 3.33. The van der Waals surface area contributed by atoms with Gasteiger partial charge in [-0.05, 0) is 18.8 Å². The van der Waals surface area contributed by atoms with E-state index in [1.807, 2.05) is 12.4 Å². The van der Waals surface area contributed by atoms with Gasteiger partial charge >= 0.3 is 0 Å². The average Bonchev–Trinajstić information content (AvgIpc) is 2.85. The van der Waals surface area contributed by atoms with Crippen LogP contribution in [0.5, 0.6) is 0 Å². The summed E-state index contributed by atoms with van der Waals surface area (Å²) in [6.07, 6.45) is 9.47. The van der Waals surface area contributed by atoms with E-state index in [4.69, 9.17) is 4.74 Å². The predicted octanol–water partition coefficient (Wildman–Crippen LogP) is 2.53. The minimum atomic E-state index is -0.403. The molecule has 0 radical (unpaired) electrons. The van der Waals surface area contributed by atoms with Crippen LogP contribution in [0.2, 0.25) is 0 Å². The van der Waals surface area contributed by atoms with Crippen LogP contribution in [-0.2, 0) is 11.3 Å². The molecule has 1 saturated heterocycles. The zero-order valence-corrected chi connectivity index (χ0v) is 11.7. The summed E-state index contributed by atoms with van der Waals surface area (Å²) in [6, 6.07) is 0. The minimum absolute atomic E-state index is 0.210. The lowest BCUT2D eigenvalue weighted by Gasteiger charge is -2.39. The maximum atomic E-state index is 10.6. The number of nitrogens with zero attached hydrogens (tertiary/aromatic N) is 2. The predicted molar refractivity (Wildman–Crippen MR) is 72.7 cm³/mol. The molecule has 1 N–H and O–H groups in total. The smallest absolute Gasteiger partial charge is 0.137 e. The number of hydrogen-bond acceptors (Lipinski definition) is 3. The molecular weight excluding hydrogens is 240 g/mol. The van der Waals surface area contributed by atoms with Crippen LogP contribution in [0.25, 0.3) is 0 Å². The molecule has 2 aliphatic rings. The Balaban J connectivity index is 1.71. The van der Waals surface area contributed by atoms with Gasteiger partial charge in [-0.25, -0.2) is 4.98 Å². The molecule has 0 aromatic carbocycles. The van der Waals surface area contributed by atoms with Gasteiger partial charge in [0.25, 0.3) is 0 Å². The number of aliphatic hydroxyl groups excluding tert-OH is 1. The lowest BCUT2D eigenvalue weighted by Crippen LogP contribution is -2.43. The van der Waals surface area contributed by atoms with Crippen molar-refractivity contribution in [2.45, 2.75) is 51.7 Å². The maximum Gasteiger partial charge on any atom is 0.137 e. The zero-order chi connectivity index (χ0) is 13.3. The summed E-state index contributed by atoms with van der Waals surface area (Å²) in [6.45, 7) is 4.74. The van der Waals surface area contributed by atoms with E-state index in [9.17, 15) is 5.11 Å². The van der Waals surface area contributed by atoms with Gasteiger partial charge in [0.15, 0.2) is 0 Å². The van der Waals surface area contributed by atoms with E-state index in [0.29, 0.717) is 5.92 Å². The molecule has 106 valence electrons. The molecule has 2 fully saturated rings. The second-order valence-corrected chi connectivity index (χ2v) is 6.56. The first kappa shape index (κ1) is 13.1. The molecule has 19 heavy (non-hydrogen) atoms. The van der Waals surface area contributed by atoms with Gasteiger partial charge in [-0.15, -0.1) is 0 Å². The highest BCUT2D eigenvalue weighted by atomic mass is 16.5. The minimum Gasteiger partial charge on any atom is -0.385 e. The lowest BCUT2D eigenvalue weighted by molar-refractivity contribution is -0.111. The summed E-state index contributed by atoms with van der Waals surface area (Å²) in [4.78, 5) is 4.41. The summed E-state index contributed by atoms with van der Waals surface area (Å²) in [5.41, 5.74) is 0.210. The average molecular weight is 264 g/mol. The van der Waals surface area contributed by atoms with Crippen molar-refractivity contribution in [2.75, 3.05) is 13.2 Å². The molecule has 1 aliphatic carbocycles. The van der Waals surface area contributed by atoms with E-state index in [2.05, 4.69) is 16.5 Å². The summed E-state index contributed by atoms with van der Waals surface area (Å²) in [7, 11) is 0. The topological polar surface area (TPSA) is 47.3 Å². The molecule has 4 nitrogen and oxygen atoms in total. The largest absolute Gasteiger partial charge is 0.385 e. The van der Waals surface area contributed by atoms with E-state index >= 15 is 0 Å². The highest BCUT2D eigenvalue weighted by molar-refractivity contribution is 5.01. The highest BCUT2D eigenvalue weighted by Gasteiger charge is 2.35. The van der Waals surface area contributed by atoms with Crippen molar-refractivity contribution >= 4 is 0 Å². The molecule has 1 saturated carbocycles. The summed E-state index contributed by atoms with van der Waals surface area (Å²) < 4.78 is 7.43. The SMILES string of the molecule is CC1(Cn2ccnc2C(O)C2CCCCC2)COC1. The number of imidazole rings is 1. The number of rotatable bonds is 4. The molecule has 2 heterocycles. The van der Waals surface area contributed by atoms with Crippen molar-refractivity contribution in [2.24, 2.45) is 11.3 Å². The van der Waals surface area contributed by atoms with Gasteiger partial charge in [0.1, 0.15) is 11.9 Å². The van der Waals surface area contributed by atoms with Crippen molar-refractivity contribution in [3.05, 3.63) is 18.2 Å². The van der Waals surface area contributed by atoms with Gasteiger partial charge < -0.3 is 14.4 Å². The van der Waals surface area contributed by atoms with Gasteiger partial charge in [0.2, 0.25) is 0 Å². The van der Waals surface area contributed by atoms with Crippen molar-refractivity contribution in [1.29, 1.82) is 0 Å². The molecule has 0 bridgehead atoms. The van der Waals surface area contributed by atoms with Crippen LogP contribution in [-0.4, -0.2) is 27.9 Å². The summed E-state index contributed by atoms with van der Waals surface area (Å²) in [5, 5.41) is 10.6. The molecule has 0 spiro atoms. The Hall–Kier alpha value is -0.870. The molecular formula is C15H24N2O2. The quantitative estimate of drug-likeness (QED) is 0.909. The molecule has 1 aromatic heterocycles. The number of hydrogen-bond donors (Lipinski definition) is 1. The van der Waals surface area contributed by atoms with Gasteiger partial charge in [0, 0.05) is 24.4 Å². The number of ether oxygens (including phenoxy) is 1. The van der Waals surface area contributed by atoms with Crippen LogP contribution in [0.4, 0.5) is 0 Å². The third-order valence-electron chi connectivity index (χ3n) is 4.56. The Kier molecular flexibility index (Phi) is 3.63. The molecule has 0 amide bonds. The summed E-state index contributed by atoms with van der Waals surface area (Å²) in [5.74, 6) is 1.24. The second-order valence-electron chi connectivity index (χ2n) is 6.56. The molecule has 1 atom stereocenters. The lowest BCUT2D eigenvalue weighted by atomic mass is 9.84. The highest BCUT2D eigenvalue weighted by Crippen LogP contribution is 2.35. The summed E-state index contributed by atoms with van der Waals surface area (Å²) >= 11 is 0. The van der Waals surface area contributed by atoms with Gasteiger partial charge in [-0.2, -0.15) is 0 Å². The molecule has 1 aromatic rings. The van der Waals surface area contributed by atoms with Crippen molar-refractivity contribution in [1.82, 2.24) is 9.55 Å². The molecule has 3 rings (SSSR count). The van der Waals surface area contributed by atoms with Gasteiger partial charge in [0.05, 0.1) is 13.2 Å². The van der Waals surface area contributed by atoms with E-state index < -0.39 is 6.10 Å². The normalized spacial score (nSPS) is 24.9. The Morgan fingerprint density at radius 1 is 1.42 bits per heavy atom. The van der Waals surface area contributed by atoms with Crippen molar-refractivity contribution in [3.63, 3.8) is 0 Å². The fourth-order valence-electron chi connectivity index (χ4n) is 3.33. The Morgan fingerprint density at radius 3 is 2.79 bits per heavy atom. The van der Waals surface area contributed by atoms with Crippen LogP contribution < -0.4 is 0 Å². The maximum absolute atomic E-state index is 10.6. The van der Waals surface area contributed by atoms with Crippen LogP contribution in [0, 0.1) is 11.3 Å². The Labute approximate surface area is 114 Å². The van der Waals surface area contributed by atoms with E-state index in [1.54, 1.807) is 0 Å². The monoisotopic (exact) mass is 264 g/mol. The first-order valence-electron chi connectivity index (χ1n) is 7.45. The molecule has 1 unspecified atom stereocenters. The second kappa shape index (κ2) is 5.25. The van der Waals surface area contributed by atoms with Crippen LogP contribution in [0.3, 0.4) is 0 Å². The van der Waals surface area contributed by atoms with E-state index in [1.165, 1.54) is 19.3 Å². The first-order valence-corrected chi connectivity index (χ1v) is 7.45. The third-order valence-corrected chi connectivity index (χ3v) is 4.56. The van der Waals surface area contributed by atoms with Crippen molar-refractivity contribution < 1.29 is 9.84 Å². The zero-order valence-electron chi connectivity index (χ0n) is 11.7. The first-order chi connectivity index (χ1) is 9.18. The Bertz CT molecular complexity index is 420. The third kappa shape index (κ3) is 2.70. The van der Waals surface area contributed by atoms with Crippen LogP contribution >= 0.6 is 0 Å². The van der Waals surface area contributed by atoms with E-state index in [-0.39, 0.29) is 5.41 Å². The number of aliphatic hydroxyl groups is 1. The number of aromatic nitrogens is 2. The standard InChI is InChI=1S/C15H24N2O2/c1-15(10-19-11-15)9-17-8-7-16-14(17)13(18)12-5-3-2-4-6-12/h7-8,12-13,18H,2-6,9-11H2,1H3. The molecule has 4 heteroatoms. The van der Waals surface area contributed by atoms with Gasteiger partial charge in [-0.1, -0.05) is 26.2 Å². The Morgan fingerprint density at radius 2 is 2.16 bits per heavy atom. The fraction of sp³-hybridized carbons (Fsp3) is 0.800. The van der Waals surface area contributed by atoms with Crippen LogP contribution in [0.1, 0.15) is 51.0 Å². The van der Waals surface area contributed by atoms with E-state index in [0.717, 1.165) is 38.4 Å². The molecule has 1 aliphatic heterocycles. The van der Waals surface area contributed by atoms with Crippen molar-refractivity contribution in [3.8, 4) is 0 Å². The van der Waals surface area contributed by atoms with Gasteiger partial charge in [-0.3, -0.25) is 0 Å². The van der Waals surface area contributed by atoms with Crippen LogP contribution in [0.15, 0.2) is 12.4 Å².